The summed E-state index contributed by atoms with van der Waals surface area (Å²) in [4.78, 5) is 0. The van der Waals surface area contributed by atoms with E-state index in [1.165, 1.54) is 18.2 Å². The van der Waals surface area contributed by atoms with Crippen molar-refractivity contribution < 1.29 is 13.9 Å². The average Bonchev–Trinajstić information content (AvgIpc) is 2.70. The van der Waals surface area contributed by atoms with Crippen LogP contribution in [-0.4, -0.2) is 18.2 Å². The predicted molar refractivity (Wildman–Crippen MR) is 57.6 cm³/mol. The van der Waals surface area contributed by atoms with Crippen LogP contribution in [0.4, 0.5) is 8.78 Å². The van der Waals surface area contributed by atoms with Gasteiger partial charge in [-0.25, -0.2) is 8.78 Å². The lowest BCUT2D eigenvalue weighted by molar-refractivity contribution is -0.0286. The highest BCUT2D eigenvalue weighted by Crippen LogP contribution is 2.40. The zero-order valence-electron chi connectivity index (χ0n) is 8.92. The number of benzene rings is 1. The van der Waals surface area contributed by atoms with E-state index < -0.39 is 5.92 Å². The SMILES string of the molecule is Oc1ccccc1C(F)(F)CC1CCNC1. The number of phenols is 1. The van der Waals surface area contributed by atoms with E-state index in [2.05, 4.69) is 5.32 Å². The molecule has 1 unspecified atom stereocenters. The minimum absolute atomic E-state index is 0.00499. The maximum absolute atomic E-state index is 13.9. The topological polar surface area (TPSA) is 32.3 Å². The summed E-state index contributed by atoms with van der Waals surface area (Å²) in [6.07, 6.45) is 0.584. The average molecular weight is 227 g/mol. The minimum atomic E-state index is -2.94. The first-order valence-corrected chi connectivity index (χ1v) is 5.46. The van der Waals surface area contributed by atoms with E-state index >= 15 is 0 Å². The van der Waals surface area contributed by atoms with Crippen LogP contribution in [0.1, 0.15) is 18.4 Å². The van der Waals surface area contributed by atoms with Gasteiger partial charge in [0.05, 0.1) is 5.56 Å². The van der Waals surface area contributed by atoms with Gasteiger partial charge in [-0.1, -0.05) is 12.1 Å². The van der Waals surface area contributed by atoms with Crippen LogP contribution in [0.5, 0.6) is 5.75 Å². The van der Waals surface area contributed by atoms with E-state index in [-0.39, 0.29) is 23.7 Å². The van der Waals surface area contributed by atoms with Gasteiger partial charge in [0.25, 0.3) is 5.92 Å². The Labute approximate surface area is 93.3 Å². The van der Waals surface area contributed by atoms with Crippen LogP contribution in [0.15, 0.2) is 24.3 Å². The van der Waals surface area contributed by atoms with Crippen LogP contribution < -0.4 is 5.32 Å². The van der Waals surface area contributed by atoms with Crippen LogP contribution >= 0.6 is 0 Å². The number of para-hydroxylation sites is 1. The number of nitrogens with one attached hydrogen (secondary N) is 1. The Hall–Kier alpha value is -1.16. The van der Waals surface area contributed by atoms with E-state index in [0.717, 1.165) is 13.0 Å². The molecular formula is C12H15F2NO. The van der Waals surface area contributed by atoms with Crippen LogP contribution in [0.25, 0.3) is 0 Å². The summed E-state index contributed by atoms with van der Waals surface area (Å²) in [6, 6.07) is 5.66. The van der Waals surface area contributed by atoms with Gasteiger partial charge in [0.1, 0.15) is 5.75 Å². The lowest BCUT2D eigenvalue weighted by atomic mass is 9.95. The molecule has 1 heterocycles. The molecule has 4 heteroatoms. The fourth-order valence-corrected chi connectivity index (χ4v) is 2.14. The van der Waals surface area contributed by atoms with E-state index in [9.17, 15) is 13.9 Å². The molecule has 2 nitrogen and oxygen atoms in total. The molecule has 1 aromatic carbocycles. The Bertz CT molecular complexity index is 362. The normalized spacial score (nSPS) is 21.2. The van der Waals surface area contributed by atoms with Crippen molar-refractivity contribution in [3.05, 3.63) is 29.8 Å². The van der Waals surface area contributed by atoms with Crippen molar-refractivity contribution in [2.45, 2.75) is 18.8 Å². The van der Waals surface area contributed by atoms with Crippen LogP contribution in [0.3, 0.4) is 0 Å². The van der Waals surface area contributed by atoms with Gasteiger partial charge in [0.15, 0.2) is 0 Å². The van der Waals surface area contributed by atoms with Gasteiger partial charge in [0, 0.05) is 6.42 Å². The second kappa shape index (κ2) is 4.37. The van der Waals surface area contributed by atoms with Crippen molar-refractivity contribution >= 4 is 0 Å². The molecular weight excluding hydrogens is 212 g/mol. The molecule has 0 aromatic heterocycles. The summed E-state index contributed by atoms with van der Waals surface area (Å²) >= 11 is 0. The molecule has 88 valence electrons. The number of hydrogen-bond acceptors (Lipinski definition) is 2. The van der Waals surface area contributed by atoms with Crippen molar-refractivity contribution in [2.75, 3.05) is 13.1 Å². The molecule has 0 bridgehead atoms. The van der Waals surface area contributed by atoms with Crippen molar-refractivity contribution in [3.63, 3.8) is 0 Å². The molecule has 1 aliphatic rings. The molecule has 0 aliphatic carbocycles. The fourth-order valence-electron chi connectivity index (χ4n) is 2.14. The standard InChI is InChI=1S/C12H15F2NO/c13-12(14,7-9-5-6-15-8-9)10-3-1-2-4-11(10)16/h1-4,9,15-16H,5-8H2. The first kappa shape index (κ1) is 11.3. The summed E-state index contributed by atoms with van der Waals surface area (Å²) < 4.78 is 27.8. The lowest BCUT2D eigenvalue weighted by Crippen LogP contribution is -2.20. The largest absolute Gasteiger partial charge is 0.507 e. The maximum atomic E-state index is 13.9. The Kier molecular flexibility index (Phi) is 3.10. The second-order valence-electron chi connectivity index (χ2n) is 4.28. The monoisotopic (exact) mass is 227 g/mol. The third-order valence-electron chi connectivity index (χ3n) is 3.01. The minimum Gasteiger partial charge on any atom is -0.507 e. The molecule has 2 rings (SSSR count). The Balaban J connectivity index is 2.14. The summed E-state index contributed by atoms with van der Waals surface area (Å²) in [6.45, 7) is 1.45. The molecule has 0 saturated carbocycles. The van der Waals surface area contributed by atoms with Crippen LogP contribution in [0, 0.1) is 5.92 Å². The van der Waals surface area contributed by atoms with E-state index in [1.807, 2.05) is 0 Å². The van der Waals surface area contributed by atoms with Gasteiger partial charge in [-0.05, 0) is 37.6 Å². The zero-order valence-corrected chi connectivity index (χ0v) is 8.92. The smallest absolute Gasteiger partial charge is 0.277 e. The van der Waals surface area contributed by atoms with Gasteiger partial charge in [0.2, 0.25) is 0 Å². The van der Waals surface area contributed by atoms with Crippen molar-refractivity contribution in [3.8, 4) is 5.75 Å². The van der Waals surface area contributed by atoms with E-state index in [0.29, 0.717) is 6.54 Å². The summed E-state index contributed by atoms with van der Waals surface area (Å²) in [7, 11) is 0. The van der Waals surface area contributed by atoms with Gasteiger partial charge in [-0.2, -0.15) is 0 Å². The van der Waals surface area contributed by atoms with Crippen molar-refractivity contribution in [2.24, 2.45) is 5.92 Å². The number of rotatable bonds is 3. The fraction of sp³-hybridized carbons (Fsp3) is 0.500. The molecule has 16 heavy (non-hydrogen) atoms. The number of aromatic hydroxyl groups is 1. The number of halogens is 2. The van der Waals surface area contributed by atoms with Crippen LogP contribution in [0.2, 0.25) is 0 Å². The molecule has 1 saturated heterocycles. The number of phenolic OH excluding ortho intramolecular Hbond substituents is 1. The molecule has 0 spiro atoms. The third kappa shape index (κ3) is 2.32. The van der Waals surface area contributed by atoms with Crippen molar-refractivity contribution in [1.82, 2.24) is 5.32 Å². The number of hydrogen-bond donors (Lipinski definition) is 2. The molecule has 0 amide bonds. The molecule has 1 aromatic rings. The van der Waals surface area contributed by atoms with Gasteiger partial charge >= 0.3 is 0 Å². The molecule has 1 aliphatic heterocycles. The first-order chi connectivity index (χ1) is 7.59. The summed E-state index contributed by atoms with van der Waals surface area (Å²) in [5.74, 6) is -3.27. The molecule has 0 radical (unpaired) electrons. The predicted octanol–water partition coefficient (Wildman–Crippen LogP) is 2.48. The summed E-state index contributed by atoms with van der Waals surface area (Å²) in [5, 5.41) is 12.5. The highest BCUT2D eigenvalue weighted by molar-refractivity contribution is 5.35. The van der Waals surface area contributed by atoms with E-state index in [1.54, 1.807) is 6.07 Å². The Morgan fingerprint density at radius 1 is 1.38 bits per heavy atom. The third-order valence-corrected chi connectivity index (χ3v) is 3.01. The van der Waals surface area contributed by atoms with Crippen LogP contribution in [-0.2, 0) is 5.92 Å². The lowest BCUT2D eigenvalue weighted by Gasteiger charge is -2.20. The molecule has 1 atom stereocenters. The summed E-state index contributed by atoms with van der Waals surface area (Å²) in [5.41, 5.74) is -0.262. The maximum Gasteiger partial charge on any atom is 0.277 e. The first-order valence-electron chi connectivity index (χ1n) is 5.46. The van der Waals surface area contributed by atoms with Crippen molar-refractivity contribution in [1.29, 1.82) is 0 Å². The molecule has 1 fully saturated rings. The molecule has 2 N–H and O–H groups in total. The highest BCUT2D eigenvalue weighted by atomic mass is 19.3. The zero-order chi connectivity index (χ0) is 11.6. The Morgan fingerprint density at radius 2 is 2.12 bits per heavy atom. The highest BCUT2D eigenvalue weighted by Gasteiger charge is 2.37. The van der Waals surface area contributed by atoms with Gasteiger partial charge in [-0.15, -0.1) is 0 Å². The van der Waals surface area contributed by atoms with Gasteiger partial charge in [-0.3, -0.25) is 0 Å². The quantitative estimate of drug-likeness (QED) is 0.831. The Morgan fingerprint density at radius 3 is 2.75 bits per heavy atom. The van der Waals surface area contributed by atoms with E-state index in [4.69, 9.17) is 0 Å². The van der Waals surface area contributed by atoms with Gasteiger partial charge < -0.3 is 10.4 Å². The number of alkyl halides is 2. The second-order valence-corrected chi connectivity index (χ2v) is 4.28.